The molecule has 0 fully saturated rings. The summed E-state index contributed by atoms with van der Waals surface area (Å²) in [6.07, 6.45) is 1.20. The summed E-state index contributed by atoms with van der Waals surface area (Å²) in [7, 11) is 0. The molecule has 2 aromatic rings. The number of halogens is 2. The number of hydrogen-bond donors (Lipinski definition) is 1. The molecule has 0 saturated heterocycles. The number of nitrogens with zero attached hydrogens (tertiary/aromatic N) is 1. The maximum atomic E-state index is 13.1. The van der Waals surface area contributed by atoms with Crippen LogP contribution in [0.5, 0.6) is 0 Å². The zero-order chi connectivity index (χ0) is 13.1. The maximum absolute atomic E-state index is 13.1. The van der Waals surface area contributed by atoms with Crippen molar-refractivity contribution in [1.29, 1.82) is 0 Å². The summed E-state index contributed by atoms with van der Waals surface area (Å²) in [4.78, 5) is 15.1. The molecule has 1 N–H and O–H groups in total. The fraction of sp³-hybridized carbons (Fsp3) is 0.0769. The van der Waals surface area contributed by atoms with Crippen LogP contribution in [0.25, 0.3) is 0 Å². The van der Waals surface area contributed by atoms with Crippen molar-refractivity contribution in [3.05, 3.63) is 59.4 Å². The third-order valence-electron chi connectivity index (χ3n) is 2.29. The van der Waals surface area contributed by atoms with Gasteiger partial charge in [0.25, 0.3) is 5.91 Å². The van der Waals surface area contributed by atoms with Gasteiger partial charge in [0.2, 0.25) is 5.95 Å². The first-order valence-corrected chi connectivity index (χ1v) is 5.25. The molecule has 5 heteroatoms. The lowest BCUT2D eigenvalue weighted by Gasteiger charge is -2.06. The van der Waals surface area contributed by atoms with E-state index < -0.39 is 17.7 Å². The van der Waals surface area contributed by atoms with Crippen molar-refractivity contribution in [2.75, 3.05) is 5.32 Å². The quantitative estimate of drug-likeness (QED) is 0.830. The Balaban J connectivity index is 2.21. The topological polar surface area (TPSA) is 42.0 Å². The summed E-state index contributed by atoms with van der Waals surface area (Å²) in [6, 6.07) is 6.56. The summed E-state index contributed by atoms with van der Waals surface area (Å²) in [5, 5.41) is 2.49. The minimum Gasteiger partial charge on any atom is -0.322 e. The Morgan fingerprint density at radius 1 is 1.22 bits per heavy atom. The molecule has 1 heterocycles. The third-order valence-corrected chi connectivity index (χ3v) is 2.29. The number of aromatic nitrogens is 1. The molecule has 0 unspecified atom stereocenters. The number of carbonyl (C=O) groups is 1. The molecular formula is C13H10F2N2O. The standard InChI is InChI=1S/C13H10F2N2O/c1-8-4-10(14)7-11(5-8)17-13(18)9-2-3-16-12(15)6-9/h2-7H,1H3,(H,17,18). The van der Waals surface area contributed by atoms with Crippen LogP contribution < -0.4 is 5.32 Å². The molecule has 1 aromatic carbocycles. The Morgan fingerprint density at radius 2 is 2.00 bits per heavy atom. The molecule has 0 spiro atoms. The van der Waals surface area contributed by atoms with Crippen LogP contribution in [0, 0.1) is 18.7 Å². The SMILES string of the molecule is Cc1cc(F)cc(NC(=O)c2ccnc(F)c2)c1. The molecule has 1 aromatic heterocycles. The lowest BCUT2D eigenvalue weighted by Crippen LogP contribution is -2.12. The van der Waals surface area contributed by atoms with E-state index in [4.69, 9.17) is 0 Å². The van der Waals surface area contributed by atoms with Crippen LogP contribution in [0.3, 0.4) is 0 Å². The zero-order valence-corrected chi connectivity index (χ0v) is 9.58. The number of hydrogen-bond acceptors (Lipinski definition) is 2. The van der Waals surface area contributed by atoms with Gasteiger partial charge in [-0.3, -0.25) is 4.79 Å². The van der Waals surface area contributed by atoms with Gasteiger partial charge in [0.05, 0.1) is 0 Å². The van der Waals surface area contributed by atoms with Gasteiger partial charge in [-0.2, -0.15) is 4.39 Å². The van der Waals surface area contributed by atoms with Crippen molar-refractivity contribution < 1.29 is 13.6 Å². The average Bonchev–Trinajstić information content (AvgIpc) is 2.27. The largest absolute Gasteiger partial charge is 0.322 e. The summed E-state index contributed by atoms with van der Waals surface area (Å²) in [6.45, 7) is 1.71. The molecular weight excluding hydrogens is 238 g/mol. The van der Waals surface area contributed by atoms with Crippen LogP contribution in [-0.4, -0.2) is 10.9 Å². The molecule has 0 saturated carbocycles. The number of rotatable bonds is 2. The van der Waals surface area contributed by atoms with Crippen LogP contribution in [0.2, 0.25) is 0 Å². The number of anilines is 1. The molecule has 92 valence electrons. The monoisotopic (exact) mass is 248 g/mol. The van der Waals surface area contributed by atoms with Gasteiger partial charge < -0.3 is 5.32 Å². The van der Waals surface area contributed by atoms with Crippen LogP contribution >= 0.6 is 0 Å². The Bertz CT molecular complexity index is 579. The number of amides is 1. The number of carbonyl (C=O) groups excluding carboxylic acids is 1. The third kappa shape index (κ3) is 2.88. The fourth-order valence-electron chi connectivity index (χ4n) is 1.56. The second kappa shape index (κ2) is 4.91. The highest BCUT2D eigenvalue weighted by atomic mass is 19.1. The minimum atomic E-state index is -0.738. The van der Waals surface area contributed by atoms with Crippen LogP contribution in [0.4, 0.5) is 14.5 Å². The summed E-state index contributed by atoms with van der Waals surface area (Å²) < 4.78 is 26.0. The molecule has 0 aliphatic heterocycles. The van der Waals surface area contributed by atoms with Crippen LogP contribution in [-0.2, 0) is 0 Å². The lowest BCUT2D eigenvalue weighted by atomic mass is 10.2. The van der Waals surface area contributed by atoms with Gasteiger partial charge in [-0.15, -0.1) is 0 Å². The molecule has 3 nitrogen and oxygen atoms in total. The first-order valence-electron chi connectivity index (χ1n) is 5.25. The van der Waals surface area contributed by atoms with Crippen molar-refractivity contribution >= 4 is 11.6 Å². The van der Waals surface area contributed by atoms with Gasteiger partial charge >= 0.3 is 0 Å². The fourth-order valence-corrected chi connectivity index (χ4v) is 1.56. The van der Waals surface area contributed by atoms with E-state index in [1.165, 1.54) is 24.4 Å². The van der Waals surface area contributed by atoms with Crippen LogP contribution in [0.15, 0.2) is 36.5 Å². The van der Waals surface area contributed by atoms with Crippen molar-refractivity contribution in [1.82, 2.24) is 4.98 Å². The van der Waals surface area contributed by atoms with E-state index in [1.54, 1.807) is 13.0 Å². The van der Waals surface area contributed by atoms with Gasteiger partial charge in [-0.05, 0) is 36.8 Å². The van der Waals surface area contributed by atoms with Crippen LogP contribution in [0.1, 0.15) is 15.9 Å². The summed E-state index contributed by atoms with van der Waals surface area (Å²) in [5.74, 6) is -1.69. The Kier molecular flexibility index (Phi) is 3.32. The Labute approximate surface area is 102 Å². The highest BCUT2D eigenvalue weighted by molar-refractivity contribution is 6.04. The van der Waals surface area contributed by atoms with Gasteiger partial charge in [0, 0.05) is 23.5 Å². The lowest BCUT2D eigenvalue weighted by molar-refractivity contribution is 0.102. The molecule has 18 heavy (non-hydrogen) atoms. The average molecular weight is 248 g/mol. The maximum Gasteiger partial charge on any atom is 0.255 e. The van der Waals surface area contributed by atoms with Gasteiger partial charge in [0.15, 0.2) is 0 Å². The highest BCUT2D eigenvalue weighted by Crippen LogP contribution is 2.14. The van der Waals surface area contributed by atoms with Crippen molar-refractivity contribution in [2.24, 2.45) is 0 Å². The van der Waals surface area contributed by atoms with Gasteiger partial charge in [0.1, 0.15) is 5.82 Å². The summed E-state index contributed by atoms with van der Waals surface area (Å²) >= 11 is 0. The van der Waals surface area contributed by atoms with E-state index in [2.05, 4.69) is 10.3 Å². The predicted molar refractivity (Wildman–Crippen MR) is 63.3 cm³/mol. The van der Waals surface area contributed by atoms with E-state index >= 15 is 0 Å². The molecule has 0 aliphatic rings. The second-order valence-electron chi connectivity index (χ2n) is 3.84. The smallest absolute Gasteiger partial charge is 0.255 e. The van der Waals surface area contributed by atoms with Gasteiger partial charge in [-0.25, -0.2) is 9.37 Å². The molecule has 0 bridgehead atoms. The summed E-state index contributed by atoms with van der Waals surface area (Å²) in [5.41, 5.74) is 1.14. The van der Waals surface area contributed by atoms with E-state index in [-0.39, 0.29) is 5.56 Å². The molecule has 2 rings (SSSR count). The van der Waals surface area contributed by atoms with Crippen molar-refractivity contribution in [3.8, 4) is 0 Å². The normalized spacial score (nSPS) is 10.2. The number of benzene rings is 1. The van der Waals surface area contributed by atoms with E-state index in [9.17, 15) is 13.6 Å². The first kappa shape index (κ1) is 12.2. The molecule has 1 amide bonds. The molecule has 0 aliphatic carbocycles. The van der Waals surface area contributed by atoms with Gasteiger partial charge in [-0.1, -0.05) is 0 Å². The first-order chi connectivity index (χ1) is 8.54. The highest BCUT2D eigenvalue weighted by Gasteiger charge is 2.08. The number of aryl methyl sites for hydroxylation is 1. The molecule has 0 atom stereocenters. The Morgan fingerprint density at radius 3 is 2.67 bits per heavy atom. The second-order valence-corrected chi connectivity index (χ2v) is 3.84. The van der Waals surface area contributed by atoms with E-state index in [0.717, 1.165) is 6.07 Å². The van der Waals surface area contributed by atoms with E-state index in [1.807, 2.05) is 0 Å². The number of nitrogens with one attached hydrogen (secondary N) is 1. The minimum absolute atomic E-state index is 0.129. The predicted octanol–water partition coefficient (Wildman–Crippen LogP) is 2.92. The number of pyridine rings is 1. The van der Waals surface area contributed by atoms with E-state index in [0.29, 0.717) is 11.3 Å². The Hall–Kier alpha value is -2.30. The zero-order valence-electron chi connectivity index (χ0n) is 9.58. The molecule has 0 radical (unpaired) electrons. The van der Waals surface area contributed by atoms with Crippen molar-refractivity contribution in [2.45, 2.75) is 6.92 Å². The van der Waals surface area contributed by atoms with Crippen molar-refractivity contribution in [3.63, 3.8) is 0 Å².